The molecule has 0 bridgehead atoms. The number of carbonyl (C=O) groups is 1. The largest absolute Gasteiger partial charge is 0.493 e. The first kappa shape index (κ1) is 25.4. The number of hydrogen-bond acceptors (Lipinski definition) is 9. The monoisotopic (exact) mass is 500 g/mol. The number of aromatic nitrogens is 2. The van der Waals surface area contributed by atoms with Crippen molar-refractivity contribution in [3.05, 3.63) is 84.2 Å². The Kier molecular flexibility index (Phi) is 8.49. The quantitative estimate of drug-likeness (QED) is 0.127. The Morgan fingerprint density at radius 3 is 2.49 bits per heavy atom. The summed E-state index contributed by atoms with van der Waals surface area (Å²) in [5.74, 6) is 1.32. The molecule has 1 aromatic heterocycles. The SMILES string of the molecule is COC(=O)c1ccc(OCCCON=C(C)c2ccc(Nc3ncnc4ccccc34)cc2)c(OC)c1. The van der Waals surface area contributed by atoms with Crippen molar-refractivity contribution in [3.63, 3.8) is 0 Å². The van der Waals surface area contributed by atoms with Gasteiger partial charge in [-0.05, 0) is 55.0 Å². The van der Waals surface area contributed by atoms with Crippen LogP contribution in [-0.4, -0.2) is 49.1 Å². The first-order chi connectivity index (χ1) is 18.1. The number of benzene rings is 3. The Morgan fingerprint density at radius 2 is 1.70 bits per heavy atom. The first-order valence-corrected chi connectivity index (χ1v) is 11.7. The van der Waals surface area contributed by atoms with Crippen molar-refractivity contribution in [2.75, 3.05) is 32.8 Å². The van der Waals surface area contributed by atoms with E-state index >= 15 is 0 Å². The fourth-order valence-electron chi connectivity index (χ4n) is 3.57. The van der Waals surface area contributed by atoms with Crippen molar-refractivity contribution >= 4 is 34.1 Å². The van der Waals surface area contributed by atoms with E-state index in [9.17, 15) is 4.79 Å². The third-order valence-electron chi connectivity index (χ3n) is 5.53. The molecule has 0 saturated heterocycles. The minimum atomic E-state index is -0.434. The Morgan fingerprint density at radius 1 is 0.919 bits per heavy atom. The van der Waals surface area contributed by atoms with Gasteiger partial charge < -0.3 is 24.4 Å². The Bertz CT molecular complexity index is 1380. The molecule has 0 unspecified atom stereocenters. The Labute approximate surface area is 215 Å². The Balaban J connectivity index is 1.25. The van der Waals surface area contributed by atoms with Crippen LogP contribution in [0.15, 0.2) is 78.2 Å². The number of methoxy groups -OCH3 is 2. The van der Waals surface area contributed by atoms with Gasteiger partial charge in [-0.1, -0.05) is 29.4 Å². The van der Waals surface area contributed by atoms with Crippen molar-refractivity contribution in [2.24, 2.45) is 5.16 Å². The molecule has 37 heavy (non-hydrogen) atoms. The molecule has 1 heterocycles. The highest BCUT2D eigenvalue weighted by molar-refractivity contribution is 5.98. The van der Waals surface area contributed by atoms with Crippen LogP contribution in [0.3, 0.4) is 0 Å². The molecular weight excluding hydrogens is 472 g/mol. The minimum Gasteiger partial charge on any atom is -0.493 e. The number of carbonyl (C=O) groups excluding carboxylic acids is 1. The topological polar surface area (TPSA) is 104 Å². The molecule has 0 radical (unpaired) electrons. The van der Waals surface area contributed by atoms with Crippen molar-refractivity contribution in [3.8, 4) is 11.5 Å². The second-order valence-electron chi connectivity index (χ2n) is 8.01. The van der Waals surface area contributed by atoms with E-state index in [-0.39, 0.29) is 0 Å². The summed E-state index contributed by atoms with van der Waals surface area (Å²) in [7, 11) is 2.85. The van der Waals surface area contributed by atoms with Gasteiger partial charge in [0.2, 0.25) is 0 Å². The van der Waals surface area contributed by atoms with Crippen LogP contribution in [-0.2, 0) is 9.57 Å². The summed E-state index contributed by atoms with van der Waals surface area (Å²) in [6.45, 7) is 2.69. The second-order valence-corrected chi connectivity index (χ2v) is 8.01. The third kappa shape index (κ3) is 6.52. The van der Waals surface area contributed by atoms with Crippen LogP contribution in [0, 0.1) is 0 Å². The highest BCUT2D eigenvalue weighted by Gasteiger charge is 2.11. The fourth-order valence-corrected chi connectivity index (χ4v) is 3.57. The van der Waals surface area contributed by atoms with Gasteiger partial charge in [-0.15, -0.1) is 0 Å². The van der Waals surface area contributed by atoms with Gasteiger partial charge in [0.05, 0.1) is 37.6 Å². The van der Waals surface area contributed by atoms with E-state index in [0.717, 1.165) is 33.7 Å². The number of nitrogens with zero attached hydrogens (tertiary/aromatic N) is 3. The third-order valence-corrected chi connectivity index (χ3v) is 5.53. The fraction of sp³-hybridized carbons (Fsp3) is 0.214. The van der Waals surface area contributed by atoms with E-state index in [1.54, 1.807) is 24.5 Å². The predicted molar refractivity (Wildman–Crippen MR) is 142 cm³/mol. The second kappa shape index (κ2) is 12.3. The average Bonchev–Trinajstić information content (AvgIpc) is 2.95. The van der Waals surface area contributed by atoms with Gasteiger partial charge in [-0.3, -0.25) is 0 Å². The molecule has 0 fully saturated rings. The number of nitrogens with one attached hydrogen (secondary N) is 1. The number of fused-ring (bicyclic) bond motifs is 1. The molecule has 9 heteroatoms. The van der Waals surface area contributed by atoms with Gasteiger partial charge in [0.15, 0.2) is 11.5 Å². The molecule has 0 saturated carbocycles. The maximum absolute atomic E-state index is 11.7. The van der Waals surface area contributed by atoms with Gasteiger partial charge in [-0.2, -0.15) is 0 Å². The van der Waals surface area contributed by atoms with Crippen LogP contribution in [0.4, 0.5) is 11.5 Å². The van der Waals surface area contributed by atoms with Crippen molar-refractivity contribution in [1.82, 2.24) is 9.97 Å². The molecule has 9 nitrogen and oxygen atoms in total. The molecule has 0 aliphatic rings. The molecule has 4 rings (SSSR count). The number of oxime groups is 1. The number of rotatable bonds is 11. The van der Waals surface area contributed by atoms with Gasteiger partial charge in [0, 0.05) is 17.5 Å². The number of anilines is 2. The lowest BCUT2D eigenvalue weighted by Crippen LogP contribution is -2.05. The van der Waals surface area contributed by atoms with Crippen LogP contribution >= 0.6 is 0 Å². The van der Waals surface area contributed by atoms with Crippen LogP contribution in [0.2, 0.25) is 0 Å². The number of para-hydroxylation sites is 1. The van der Waals surface area contributed by atoms with Crippen LogP contribution in [0.25, 0.3) is 10.9 Å². The summed E-state index contributed by atoms with van der Waals surface area (Å²) in [6, 6.07) is 20.6. The normalized spacial score (nSPS) is 11.2. The van der Waals surface area contributed by atoms with Gasteiger partial charge >= 0.3 is 5.97 Å². The van der Waals surface area contributed by atoms with E-state index in [1.165, 1.54) is 14.2 Å². The summed E-state index contributed by atoms with van der Waals surface area (Å²) in [6.07, 6.45) is 2.17. The van der Waals surface area contributed by atoms with E-state index in [1.807, 2.05) is 55.5 Å². The zero-order valence-electron chi connectivity index (χ0n) is 20.9. The first-order valence-electron chi connectivity index (χ1n) is 11.7. The van der Waals surface area contributed by atoms with E-state index in [4.69, 9.17) is 19.0 Å². The van der Waals surface area contributed by atoms with Crippen molar-refractivity contribution in [2.45, 2.75) is 13.3 Å². The highest BCUT2D eigenvalue weighted by Crippen LogP contribution is 2.28. The number of ether oxygens (including phenoxy) is 3. The number of hydrogen-bond donors (Lipinski definition) is 1. The molecule has 0 amide bonds. The number of esters is 1. The lowest BCUT2D eigenvalue weighted by atomic mass is 10.1. The minimum absolute atomic E-state index is 0.389. The summed E-state index contributed by atoms with van der Waals surface area (Å²) in [5.41, 5.74) is 3.90. The summed E-state index contributed by atoms with van der Waals surface area (Å²) >= 11 is 0. The smallest absolute Gasteiger partial charge is 0.337 e. The molecule has 0 aliphatic carbocycles. The molecule has 0 spiro atoms. The van der Waals surface area contributed by atoms with Gasteiger partial charge in [0.1, 0.15) is 18.8 Å². The van der Waals surface area contributed by atoms with E-state index in [0.29, 0.717) is 36.7 Å². The molecule has 0 atom stereocenters. The van der Waals surface area contributed by atoms with E-state index in [2.05, 4.69) is 20.4 Å². The molecule has 3 aromatic carbocycles. The maximum Gasteiger partial charge on any atom is 0.337 e. The predicted octanol–water partition coefficient (Wildman–Crippen LogP) is 5.38. The summed E-state index contributed by atoms with van der Waals surface area (Å²) < 4.78 is 15.8. The van der Waals surface area contributed by atoms with E-state index < -0.39 is 5.97 Å². The van der Waals surface area contributed by atoms with Crippen molar-refractivity contribution in [1.29, 1.82) is 0 Å². The van der Waals surface area contributed by atoms with Crippen LogP contribution in [0.1, 0.15) is 29.3 Å². The maximum atomic E-state index is 11.7. The standard InChI is InChI=1S/C28H28N4O5/c1-19(32-37-16-6-15-36-25-14-11-21(28(33)35-3)17-26(25)34-2)20-9-12-22(13-10-20)31-27-23-7-4-5-8-24(23)29-18-30-27/h4-5,7-14,17-18H,6,15-16H2,1-3H3,(H,29,30,31). The lowest BCUT2D eigenvalue weighted by Gasteiger charge is -2.11. The average molecular weight is 501 g/mol. The molecule has 0 aliphatic heterocycles. The highest BCUT2D eigenvalue weighted by atomic mass is 16.6. The Hall–Kier alpha value is -4.66. The van der Waals surface area contributed by atoms with Crippen molar-refractivity contribution < 1.29 is 23.8 Å². The molecular formula is C28H28N4O5. The zero-order valence-corrected chi connectivity index (χ0v) is 20.9. The summed E-state index contributed by atoms with van der Waals surface area (Å²) in [5, 5.41) is 8.52. The summed E-state index contributed by atoms with van der Waals surface area (Å²) in [4.78, 5) is 25.8. The van der Waals surface area contributed by atoms with Gasteiger partial charge in [-0.25, -0.2) is 14.8 Å². The molecule has 4 aromatic rings. The van der Waals surface area contributed by atoms with Gasteiger partial charge in [0.25, 0.3) is 0 Å². The van der Waals surface area contributed by atoms with Crippen LogP contribution < -0.4 is 14.8 Å². The van der Waals surface area contributed by atoms with Crippen LogP contribution in [0.5, 0.6) is 11.5 Å². The molecule has 1 N–H and O–H groups in total. The zero-order chi connectivity index (χ0) is 26.0. The molecule has 190 valence electrons. The lowest BCUT2D eigenvalue weighted by molar-refractivity contribution is 0.0600.